The molecular weight excluding hydrogens is 327 g/mol. The van der Waals surface area contributed by atoms with E-state index in [4.69, 9.17) is 4.74 Å². The van der Waals surface area contributed by atoms with Crippen LogP contribution < -0.4 is 0 Å². The van der Waals surface area contributed by atoms with E-state index in [2.05, 4.69) is 6.92 Å². The molecule has 3 heteroatoms. The molecule has 144 valence electrons. The Morgan fingerprint density at radius 2 is 1.77 bits per heavy atom. The molecule has 0 N–H and O–H groups in total. The summed E-state index contributed by atoms with van der Waals surface area (Å²) in [6, 6.07) is 3.84. The predicted octanol–water partition coefficient (Wildman–Crippen LogP) is 6.25. The van der Waals surface area contributed by atoms with Crippen molar-refractivity contribution in [1.82, 2.24) is 0 Å². The zero-order valence-corrected chi connectivity index (χ0v) is 16.4. The molecule has 1 aromatic carbocycles. The van der Waals surface area contributed by atoms with E-state index in [-0.39, 0.29) is 17.5 Å². The Bertz CT molecular complexity index is 617. The molecular formula is C23H33FO2. The first-order valence-corrected chi connectivity index (χ1v) is 10.6. The van der Waals surface area contributed by atoms with Crippen molar-refractivity contribution < 1.29 is 13.9 Å². The van der Waals surface area contributed by atoms with E-state index in [0.717, 1.165) is 30.7 Å². The highest BCUT2D eigenvalue weighted by atomic mass is 19.1. The van der Waals surface area contributed by atoms with Crippen molar-refractivity contribution in [2.75, 3.05) is 0 Å². The van der Waals surface area contributed by atoms with Gasteiger partial charge in [-0.3, -0.25) is 0 Å². The van der Waals surface area contributed by atoms with E-state index in [9.17, 15) is 9.18 Å². The molecule has 3 rings (SSSR count). The monoisotopic (exact) mass is 360 g/mol. The highest BCUT2D eigenvalue weighted by Crippen LogP contribution is 2.35. The first-order valence-electron chi connectivity index (χ1n) is 10.6. The Morgan fingerprint density at radius 1 is 1.08 bits per heavy atom. The van der Waals surface area contributed by atoms with Crippen LogP contribution in [0, 0.1) is 17.7 Å². The van der Waals surface area contributed by atoms with Gasteiger partial charge in [-0.25, -0.2) is 9.18 Å². The second kappa shape index (κ2) is 9.01. The summed E-state index contributed by atoms with van der Waals surface area (Å²) in [5.41, 5.74) is 1.69. The van der Waals surface area contributed by atoms with E-state index in [0.29, 0.717) is 17.9 Å². The number of hydrogen-bond donors (Lipinski definition) is 0. The third kappa shape index (κ3) is 4.47. The van der Waals surface area contributed by atoms with E-state index < -0.39 is 5.97 Å². The van der Waals surface area contributed by atoms with Gasteiger partial charge in [0, 0.05) is 6.42 Å². The fraction of sp³-hybridized carbons (Fsp3) is 0.696. The molecule has 26 heavy (non-hydrogen) atoms. The molecule has 1 atom stereocenters. The molecule has 1 unspecified atom stereocenters. The molecule has 0 spiro atoms. The SMILES string of the molecule is CCCCC1CCC(CCc2ccc3c(c2F)C(=O)OC(CC)C3)CC1. The van der Waals surface area contributed by atoms with Gasteiger partial charge in [-0.15, -0.1) is 0 Å². The summed E-state index contributed by atoms with van der Waals surface area (Å²) in [4.78, 5) is 12.2. The Kier molecular flexibility index (Phi) is 6.72. The number of carbonyl (C=O) groups excluding carboxylic acids is 1. The Labute approximate surface area is 157 Å². The largest absolute Gasteiger partial charge is 0.458 e. The molecule has 1 aliphatic heterocycles. The smallest absolute Gasteiger partial charge is 0.341 e. The molecule has 1 aliphatic carbocycles. The van der Waals surface area contributed by atoms with Crippen LogP contribution in [0.5, 0.6) is 0 Å². The second-order valence-electron chi connectivity index (χ2n) is 8.28. The first-order chi connectivity index (χ1) is 12.6. The number of hydrogen-bond acceptors (Lipinski definition) is 2. The van der Waals surface area contributed by atoms with E-state index in [1.54, 1.807) is 0 Å². The van der Waals surface area contributed by atoms with Gasteiger partial charge in [-0.2, -0.15) is 0 Å². The number of unbranched alkanes of at least 4 members (excludes halogenated alkanes) is 1. The first kappa shape index (κ1) is 19.4. The van der Waals surface area contributed by atoms with Crippen LogP contribution in [0.15, 0.2) is 12.1 Å². The van der Waals surface area contributed by atoms with Crippen LogP contribution in [0.2, 0.25) is 0 Å². The number of rotatable bonds is 7. The fourth-order valence-corrected chi connectivity index (χ4v) is 4.63. The summed E-state index contributed by atoms with van der Waals surface area (Å²) in [5.74, 6) is 0.806. The van der Waals surface area contributed by atoms with Gasteiger partial charge in [0.1, 0.15) is 11.9 Å². The van der Waals surface area contributed by atoms with E-state index in [1.807, 2.05) is 19.1 Å². The van der Waals surface area contributed by atoms with Gasteiger partial charge in [0.05, 0.1) is 5.56 Å². The molecule has 1 fully saturated rings. The van der Waals surface area contributed by atoms with Crippen LogP contribution in [0.3, 0.4) is 0 Å². The van der Waals surface area contributed by atoms with Gasteiger partial charge < -0.3 is 4.74 Å². The number of ether oxygens (including phenoxy) is 1. The number of cyclic esters (lactones) is 1. The maximum Gasteiger partial charge on any atom is 0.341 e. The average molecular weight is 361 g/mol. The molecule has 2 aliphatic rings. The maximum absolute atomic E-state index is 14.9. The average Bonchev–Trinajstić information content (AvgIpc) is 2.66. The van der Waals surface area contributed by atoms with E-state index >= 15 is 0 Å². The normalized spacial score (nSPS) is 25.7. The van der Waals surface area contributed by atoms with Gasteiger partial charge in [-0.05, 0) is 42.2 Å². The summed E-state index contributed by atoms with van der Waals surface area (Å²) in [6.45, 7) is 4.25. The van der Waals surface area contributed by atoms with Gasteiger partial charge >= 0.3 is 5.97 Å². The molecule has 1 aromatic rings. The van der Waals surface area contributed by atoms with Crippen molar-refractivity contribution in [3.05, 3.63) is 34.6 Å². The Balaban J connectivity index is 1.57. The minimum atomic E-state index is -0.478. The lowest BCUT2D eigenvalue weighted by Gasteiger charge is -2.29. The van der Waals surface area contributed by atoms with Crippen LogP contribution >= 0.6 is 0 Å². The summed E-state index contributed by atoms with van der Waals surface area (Å²) < 4.78 is 20.2. The van der Waals surface area contributed by atoms with Crippen molar-refractivity contribution in [1.29, 1.82) is 0 Å². The number of esters is 1. The minimum Gasteiger partial charge on any atom is -0.458 e. The Hall–Kier alpha value is -1.38. The molecule has 1 saturated carbocycles. The lowest BCUT2D eigenvalue weighted by Crippen LogP contribution is -2.28. The lowest BCUT2D eigenvalue weighted by molar-refractivity contribution is 0.0242. The summed E-state index contributed by atoms with van der Waals surface area (Å²) in [5, 5.41) is 0. The number of halogens is 1. The van der Waals surface area contributed by atoms with Gasteiger partial charge in [0.25, 0.3) is 0 Å². The van der Waals surface area contributed by atoms with Gasteiger partial charge in [-0.1, -0.05) is 70.9 Å². The molecule has 1 heterocycles. The molecule has 0 radical (unpaired) electrons. The van der Waals surface area contributed by atoms with E-state index in [1.165, 1.54) is 44.9 Å². The number of fused-ring (bicyclic) bond motifs is 1. The van der Waals surface area contributed by atoms with Crippen LogP contribution in [-0.4, -0.2) is 12.1 Å². The standard InChI is InChI=1S/C23H33FO2/c1-3-5-6-16-7-9-17(10-8-16)11-12-18-13-14-19-15-20(4-2)26-23(25)21(19)22(18)24/h13-14,16-17,20H,3-12,15H2,1-2H3. The van der Waals surface area contributed by atoms with Crippen LogP contribution in [0.1, 0.15) is 93.1 Å². The molecule has 0 amide bonds. The minimum absolute atomic E-state index is 0.108. The van der Waals surface area contributed by atoms with Gasteiger partial charge in [0.2, 0.25) is 0 Å². The third-order valence-electron chi connectivity index (χ3n) is 6.44. The molecule has 0 aromatic heterocycles. The van der Waals surface area contributed by atoms with Crippen molar-refractivity contribution >= 4 is 5.97 Å². The highest BCUT2D eigenvalue weighted by molar-refractivity contribution is 5.92. The van der Waals surface area contributed by atoms with Gasteiger partial charge in [0.15, 0.2) is 0 Å². The predicted molar refractivity (Wildman–Crippen MR) is 103 cm³/mol. The maximum atomic E-state index is 14.9. The van der Waals surface area contributed by atoms with Crippen LogP contribution in [0.25, 0.3) is 0 Å². The molecule has 0 saturated heterocycles. The topological polar surface area (TPSA) is 26.3 Å². The summed E-state index contributed by atoms with van der Waals surface area (Å²) in [6.07, 6.45) is 12.3. The van der Waals surface area contributed by atoms with Crippen LogP contribution in [0.4, 0.5) is 4.39 Å². The quantitative estimate of drug-likeness (QED) is 0.537. The number of carbonyl (C=O) groups is 1. The molecule has 2 nitrogen and oxygen atoms in total. The summed E-state index contributed by atoms with van der Waals surface area (Å²) in [7, 11) is 0. The highest BCUT2D eigenvalue weighted by Gasteiger charge is 2.30. The Morgan fingerprint density at radius 3 is 2.42 bits per heavy atom. The third-order valence-corrected chi connectivity index (χ3v) is 6.44. The van der Waals surface area contributed by atoms with Crippen molar-refractivity contribution in [3.8, 4) is 0 Å². The lowest BCUT2D eigenvalue weighted by atomic mass is 9.77. The molecule has 0 bridgehead atoms. The van der Waals surface area contributed by atoms with Crippen molar-refractivity contribution in [3.63, 3.8) is 0 Å². The van der Waals surface area contributed by atoms with Crippen molar-refractivity contribution in [2.45, 2.75) is 90.6 Å². The number of aryl methyl sites for hydroxylation is 1. The second-order valence-corrected chi connectivity index (χ2v) is 8.28. The zero-order valence-electron chi connectivity index (χ0n) is 16.4. The van der Waals surface area contributed by atoms with Crippen LogP contribution in [-0.2, 0) is 17.6 Å². The number of benzene rings is 1. The summed E-state index contributed by atoms with van der Waals surface area (Å²) >= 11 is 0. The fourth-order valence-electron chi connectivity index (χ4n) is 4.63. The zero-order chi connectivity index (χ0) is 18.5. The van der Waals surface area contributed by atoms with Crippen molar-refractivity contribution in [2.24, 2.45) is 11.8 Å².